The lowest BCUT2D eigenvalue weighted by atomic mass is 10.0. The van der Waals surface area contributed by atoms with E-state index < -0.39 is 29.3 Å². The number of alkyl halides is 3. The minimum absolute atomic E-state index is 0.0719. The van der Waals surface area contributed by atoms with Crippen LogP contribution in [0.2, 0.25) is 0 Å². The number of rotatable bonds is 2. The molecule has 0 aliphatic carbocycles. The van der Waals surface area contributed by atoms with Gasteiger partial charge in [0, 0.05) is 25.9 Å². The molecule has 0 aromatic heterocycles. The van der Waals surface area contributed by atoms with Gasteiger partial charge in [0.15, 0.2) is 0 Å². The molecule has 23 heavy (non-hydrogen) atoms. The van der Waals surface area contributed by atoms with Crippen LogP contribution in [0.5, 0.6) is 0 Å². The highest BCUT2D eigenvalue weighted by Gasteiger charge is 2.44. The first kappa shape index (κ1) is 15.5. The molecule has 0 bridgehead atoms. The second-order valence-corrected chi connectivity index (χ2v) is 5.56. The number of benzene rings is 1. The Hall–Kier alpha value is -2.38. The van der Waals surface area contributed by atoms with Crippen molar-refractivity contribution in [1.82, 2.24) is 9.80 Å². The summed E-state index contributed by atoms with van der Waals surface area (Å²) in [6.45, 7) is 0.144. The molecule has 2 aliphatic heterocycles. The molecule has 2 saturated heterocycles. The van der Waals surface area contributed by atoms with Crippen molar-refractivity contribution in [2.75, 3.05) is 13.1 Å². The average molecular weight is 326 g/mol. The predicted octanol–water partition coefficient (Wildman–Crippen LogP) is 1.68. The van der Waals surface area contributed by atoms with Gasteiger partial charge in [0.05, 0.1) is 17.2 Å². The van der Waals surface area contributed by atoms with Crippen LogP contribution >= 0.6 is 0 Å². The van der Waals surface area contributed by atoms with Crippen molar-refractivity contribution in [2.24, 2.45) is 0 Å². The van der Waals surface area contributed by atoms with Gasteiger partial charge in [0.2, 0.25) is 11.8 Å². The Labute approximate surface area is 129 Å². The summed E-state index contributed by atoms with van der Waals surface area (Å²) in [6.07, 6.45) is -4.31. The van der Waals surface area contributed by atoms with E-state index in [1.165, 1.54) is 17.0 Å². The van der Waals surface area contributed by atoms with Crippen molar-refractivity contribution < 1.29 is 27.6 Å². The highest BCUT2D eigenvalue weighted by molar-refractivity contribution is 6.03. The normalized spacial score (nSPS) is 19.3. The Morgan fingerprint density at radius 3 is 2.17 bits per heavy atom. The second-order valence-electron chi connectivity index (χ2n) is 5.56. The fraction of sp³-hybridized carbons (Fsp3) is 0.400. The largest absolute Gasteiger partial charge is 0.417 e. The molecule has 0 atom stereocenters. The molecule has 0 radical (unpaired) electrons. The molecule has 122 valence electrons. The number of carbonyl (C=O) groups excluding carboxylic acids is 3. The van der Waals surface area contributed by atoms with E-state index in [0.29, 0.717) is 0 Å². The maximum absolute atomic E-state index is 13.0. The van der Waals surface area contributed by atoms with Crippen LogP contribution in [-0.2, 0) is 15.8 Å². The van der Waals surface area contributed by atoms with Crippen molar-refractivity contribution in [3.05, 3.63) is 35.4 Å². The first-order valence-electron chi connectivity index (χ1n) is 7.09. The van der Waals surface area contributed by atoms with E-state index in [1.807, 2.05) is 0 Å². The maximum atomic E-state index is 13.0. The third-order valence-corrected chi connectivity index (χ3v) is 4.07. The highest BCUT2D eigenvalue weighted by atomic mass is 19.4. The molecule has 3 rings (SSSR count). The summed E-state index contributed by atoms with van der Waals surface area (Å²) in [5.41, 5.74) is -1.40. The Morgan fingerprint density at radius 2 is 1.61 bits per heavy atom. The maximum Gasteiger partial charge on any atom is 0.417 e. The Balaban J connectivity index is 1.73. The molecule has 2 fully saturated rings. The number of imide groups is 1. The van der Waals surface area contributed by atoms with Gasteiger partial charge in [-0.05, 0) is 12.1 Å². The molecular weight excluding hydrogens is 313 g/mol. The standard InChI is InChI=1S/C15H13F3N2O3/c16-15(17,18)11-4-2-1-3-10(11)14(23)19-7-9(8-19)20-12(21)5-6-13(20)22/h1-4,9H,5-8H2. The van der Waals surface area contributed by atoms with Gasteiger partial charge in [-0.15, -0.1) is 0 Å². The topological polar surface area (TPSA) is 57.7 Å². The van der Waals surface area contributed by atoms with Gasteiger partial charge >= 0.3 is 6.18 Å². The highest BCUT2D eigenvalue weighted by Crippen LogP contribution is 2.33. The number of hydrogen-bond donors (Lipinski definition) is 0. The van der Waals surface area contributed by atoms with Gasteiger partial charge in [-0.2, -0.15) is 13.2 Å². The zero-order valence-corrected chi connectivity index (χ0v) is 12.0. The first-order valence-corrected chi connectivity index (χ1v) is 7.09. The molecule has 1 aromatic carbocycles. The molecule has 0 saturated carbocycles. The van der Waals surface area contributed by atoms with Crippen molar-refractivity contribution >= 4 is 17.7 Å². The zero-order chi connectivity index (χ0) is 16.8. The third kappa shape index (κ3) is 2.69. The summed E-state index contributed by atoms with van der Waals surface area (Å²) in [5.74, 6) is -1.32. The lowest BCUT2D eigenvalue weighted by Crippen LogP contribution is -2.62. The average Bonchev–Trinajstić information content (AvgIpc) is 2.77. The second kappa shape index (κ2) is 5.36. The zero-order valence-electron chi connectivity index (χ0n) is 12.0. The van der Waals surface area contributed by atoms with E-state index >= 15 is 0 Å². The minimum atomic E-state index is -4.61. The summed E-state index contributed by atoms with van der Waals surface area (Å²) >= 11 is 0. The Morgan fingerprint density at radius 1 is 1.04 bits per heavy atom. The molecule has 0 N–H and O–H groups in total. The van der Waals surface area contributed by atoms with Gasteiger partial charge in [0.1, 0.15) is 0 Å². The minimum Gasteiger partial charge on any atom is -0.334 e. The van der Waals surface area contributed by atoms with Crippen LogP contribution in [0.3, 0.4) is 0 Å². The lowest BCUT2D eigenvalue weighted by Gasteiger charge is -2.43. The Bertz CT molecular complexity index is 665. The summed E-state index contributed by atoms with van der Waals surface area (Å²) < 4.78 is 38.9. The van der Waals surface area contributed by atoms with Crippen LogP contribution in [0.15, 0.2) is 24.3 Å². The smallest absolute Gasteiger partial charge is 0.334 e. The molecule has 0 unspecified atom stereocenters. The van der Waals surface area contributed by atoms with Crippen LogP contribution in [0.4, 0.5) is 13.2 Å². The van der Waals surface area contributed by atoms with Crippen molar-refractivity contribution in [3.8, 4) is 0 Å². The van der Waals surface area contributed by atoms with Gasteiger partial charge in [-0.1, -0.05) is 12.1 Å². The summed E-state index contributed by atoms with van der Waals surface area (Å²) in [6, 6.07) is 4.15. The van der Waals surface area contributed by atoms with E-state index in [0.717, 1.165) is 17.0 Å². The number of nitrogens with zero attached hydrogens (tertiary/aromatic N) is 2. The van der Waals surface area contributed by atoms with Gasteiger partial charge in [-0.3, -0.25) is 19.3 Å². The molecule has 5 nitrogen and oxygen atoms in total. The predicted molar refractivity (Wildman–Crippen MR) is 72.2 cm³/mol. The molecular formula is C15H13F3N2O3. The number of halogens is 3. The van der Waals surface area contributed by atoms with Crippen LogP contribution < -0.4 is 0 Å². The molecule has 2 aliphatic rings. The molecule has 3 amide bonds. The molecule has 0 spiro atoms. The van der Waals surface area contributed by atoms with E-state index in [2.05, 4.69) is 0 Å². The summed E-state index contributed by atoms with van der Waals surface area (Å²) in [5, 5.41) is 0. The van der Waals surface area contributed by atoms with E-state index in [1.54, 1.807) is 0 Å². The number of likely N-dealkylation sites (tertiary alicyclic amines) is 2. The number of carbonyl (C=O) groups is 3. The van der Waals surface area contributed by atoms with Crippen LogP contribution in [0.1, 0.15) is 28.8 Å². The summed E-state index contributed by atoms with van der Waals surface area (Å²) in [7, 11) is 0. The van der Waals surface area contributed by atoms with Gasteiger partial charge < -0.3 is 4.90 Å². The summed E-state index contributed by atoms with van der Waals surface area (Å²) in [4.78, 5) is 37.8. The lowest BCUT2D eigenvalue weighted by molar-refractivity contribution is -0.144. The molecule has 1 aromatic rings. The number of amides is 3. The quantitative estimate of drug-likeness (QED) is 0.777. The van der Waals surface area contributed by atoms with Crippen LogP contribution in [-0.4, -0.2) is 46.7 Å². The van der Waals surface area contributed by atoms with E-state index in [4.69, 9.17) is 0 Å². The van der Waals surface area contributed by atoms with Gasteiger partial charge in [-0.25, -0.2) is 0 Å². The molecule has 8 heteroatoms. The fourth-order valence-electron chi connectivity index (χ4n) is 2.87. The third-order valence-electron chi connectivity index (χ3n) is 4.07. The van der Waals surface area contributed by atoms with Crippen LogP contribution in [0, 0.1) is 0 Å². The number of hydrogen-bond acceptors (Lipinski definition) is 3. The van der Waals surface area contributed by atoms with Crippen molar-refractivity contribution in [1.29, 1.82) is 0 Å². The van der Waals surface area contributed by atoms with Crippen molar-refractivity contribution in [3.63, 3.8) is 0 Å². The monoisotopic (exact) mass is 326 g/mol. The van der Waals surface area contributed by atoms with E-state index in [9.17, 15) is 27.6 Å². The first-order chi connectivity index (χ1) is 10.8. The van der Waals surface area contributed by atoms with Crippen LogP contribution in [0.25, 0.3) is 0 Å². The van der Waals surface area contributed by atoms with Gasteiger partial charge in [0.25, 0.3) is 5.91 Å². The molecule has 2 heterocycles. The van der Waals surface area contributed by atoms with Crippen molar-refractivity contribution in [2.45, 2.75) is 25.1 Å². The Kier molecular flexibility index (Phi) is 3.62. The van der Waals surface area contributed by atoms with E-state index in [-0.39, 0.29) is 37.7 Å². The fourth-order valence-corrected chi connectivity index (χ4v) is 2.87. The SMILES string of the molecule is O=C(c1ccccc1C(F)(F)F)N1CC(N2C(=O)CCC2=O)C1.